The van der Waals surface area contributed by atoms with E-state index >= 15 is 0 Å². The number of carboxylic acids is 1. The number of aromatic nitrogens is 3. The maximum absolute atomic E-state index is 10.8. The molecule has 2 aromatic heterocycles. The van der Waals surface area contributed by atoms with Crippen LogP contribution in [0.4, 0.5) is 0 Å². The Morgan fingerprint density at radius 1 is 1.47 bits per heavy atom. The van der Waals surface area contributed by atoms with Gasteiger partial charge in [0.2, 0.25) is 0 Å². The third-order valence-electron chi connectivity index (χ3n) is 1.91. The second-order valence-corrected chi connectivity index (χ2v) is 3.23. The first-order chi connectivity index (χ1) is 7.20. The van der Waals surface area contributed by atoms with Crippen LogP contribution >= 0.6 is 11.6 Å². The van der Waals surface area contributed by atoms with Crippen LogP contribution in [0.15, 0.2) is 24.7 Å². The largest absolute Gasteiger partial charge is 0.478 e. The van der Waals surface area contributed by atoms with Crippen LogP contribution in [0.1, 0.15) is 10.4 Å². The summed E-state index contributed by atoms with van der Waals surface area (Å²) in [5.74, 6) is -1.05. The number of nitrogens with zero attached hydrogens (tertiary/aromatic N) is 2. The van der Waals surface area contributed by atoms with Crippen LogP contribution < -0.4 is 0 Å². The fourth-order valence-corrected chi connectivity index (χ4v) is 1.45. The molecule has 0 saturated carbocycles. The van der Waals surface area contributed by atoms with Crippen molar-refractivity contribution in [2.24, 2.45) is 0 Å². The molecule has 0 unspecified atom stereocenters. The zero-order valence-corrected chi connectivity index (χ0v) is 8.19. The van der Waals surface area contributed by atoms with Crippen LogP contribution in [0, 0.1) is 0 Å². The molecule has 5 nitrogen and oxygen atoms in total. The molecular formula is C9H6ClN3O2. The lowest BCUT2D eigenvalue weighted by molar-refractivity contribution is 0.0698. The lowest BCUT2D eigenvalue weighted by Crippen LogP contribution is -1.97. The number of halogens is 1. The van der Waals surface area contributed by atoms with Crippen molar-refractivity contribution in [2.75, 3.05) is 0 Å². The topological polar surface area (TPSA) is 78.9 Å². The van der Waals surface area contributed by atoms with E-state index in [9.17, 15) is 4.79 Å². The van der Waals surface area contributed by atoms with Gasteiger partial charge in [0.1, 0.15) is 5.56 Å². The lowest BCUT2D eigenvalue weighted by atomic mass is 10.1. The van der Waals surface area contributed by atoms with Gasteiger partial charge >= 0.3 is 5.97 Å². The predicted molar refractivity (Wildman–Crippen MR) is 53.8 cm³/mol. The molecule has 0 fully saturated rings. The number of nitrogens with one attached hydrogen (secondary N) is 1. The highest BCUT2D eigenvalue weighted by Crippen LogP contribution is 2.27. The van der Waals surface area contributed by atoms with Crippen molar-refractivity contribution in [2.45, 2.75) is 0 Å². The van der Waals surface area contributed by atoms with Crippen LogP contribution in [-0.2, 0) is 0 Å². The maximum atomic E-state index is 10.8. The van der Waals surface area contributed by atoms with Gasteiger partial charge in [-0.3, -0.25) is 10.1 Å². The van der Waals surface area contributed by atoms with Gasteiger partial charge in [-0.2, -0.15) is 5.10 Å². The Morgan fingerprint density at radius 3 is 2.93 bits per heavy atom. The summed E-state index contributed by atoms with van der Waals surface area (Å²) in [6.07, 6.45) is 4.23. The molecular weight excluding hydrogens is 218 g/mol. The molecule has 0 spiro atoms. The molecule has 0 aliphatic rings. The highest BCUT2D eigenvalue weighted by Gasteiger charge is 2.15. The SMILES string of the molecule is O=C(O)c1cn[nH]c1-c1ccncc1Cl. The Kier molecular flexibility index (Phi) is 2.39. The Hall–Kier alpha value is -1.88. The Morgan fingerprint density at radius 2 is 2.27 bits per heavy atom. The van der Waals surface area contributed by atoms with Gasteiger partial charge < -0.3 is 5.11 Å². The van der Waals surface area contributed by atoms with Gasteiger partial charge in [-0.25, -0.2) is 4.79 Å². The molecule has 0 bridgehead atoms. The van der Waals surface area contributed by atoms with Gasteiger partial charge in [0.15, 0.2) is 0 Å². The van der Waals surface area contributed by atoms with Crippen molar-refractivity contribution >= 4 is 17.6 Å². The molecule has 2 rings (SSSR count). The van der Waals surface area contributed by atoms with E-state index in [0.717, 1.165) is 0 Å². The minimum Gasteiger partial charge on any atom is -0.478 e. The first-order valence-corrected chi connectivity index (χ1v) is 4.44. The monoisotopic (exact) mass is 223 g/mol. The van der Waals surface area contributed by atoms with Gasteiger partial charge in [-0.1, -0.05) is 11.6 Å². The van der Waals surface area contributed by atoms with E-state index in [1.54, 1.807) is 6.07 Å². The molecule has 0 atom stereocenters. The number of hydrogen-bond donors (Lipinski definition) is 2. The molecule has 2 aromatic rings. The summed E-state index contributed by atoms with van der Waals surface area (Å²) in [6.45, 7) is 0. The van der Waals surface area contributed by atoms with Crippen molar-refractivity contribution < 1.29 is 9.90 Å². The number of rotatable bonds is 2. The number of H-pyrrole nitrogens is 1. The molecule has 0 radical (unpaired) electrons. The highest BCUT2D eigenvalue weighted by atomic mass is 35.5. The van der Waals surface area contributed by atoms with E-state index in [1.165, 1.54) is 18.6 Å². The smallest absolute Gasteiger partial charge is 0.339 e. The minimum absolute atomic E-state index is 0.0862. The molecule has 76 valence electrons. The number of hydrogen-bond acceptors (Lipinski definition) is 3. The zero-order valence-electron chi connectivity index (χ0n) is 7.44. The normalized spacial score (nSPS) is 10.2. The van der Waals surface area contributed by atoms with Crippen LogP contribution in [0.25, 0.3) is 11.3 Å². The van der Waals surface area contributed by atoms with Gasteiger partial charge in [0, 0.05) is 18.0 Å². The third-order valence-corrected chi connectivity index (χ3v) is 2.21. The molecule has 2 heterocycles. The maximum Gasteiger partial charge on any atom is 0.339 e. The first-order valence-electron chi connectivity index (χ1n) is 4.06. The van der Waals surface area contributed by atoms with Crippen molar-refractivity contribution in [1.82, 2.24) is 15.2 Å². The summed E-state index contributed by atoms with van der Waals surface area (Å²) in [6, 6.07) is 1.63. The molecule has 0 amide bonds. The first kappa shape index (κ1) is 9.67. The van der Waals surface area contributed by atoms with Crippen molar-refractivity contribution in [3.05, 3.63) is 35.2 Å². The Labute approximate surface area is 89.7 Å². The molecule has 0 aliphatic heterocycles. The van der Waals surface area contributed by atoms with Crippen LogP contribution in [0.5, 0.6) is 0 Å². The Bertz CT molecular complexity index is 510. The zero-order chi connectivity index (χ0) is 10.8. The lowest BCUT2D eigenvalue weighted by Gasteiger charge is -2.01. The fraction of sp³-hybridized carbons (Fsp3) is 0. The van der Waals surface area contributed by atoms with Crippen molar-refractivity contribution in [3.8, 4) is 11.3 Å². The average Bonchev–Trinajstić information content (AvgIpc) is 2.67. The Balaban J connectivity index is 2.59. The molecule has 15 heavy (non-hydrogen) atoms. The van der Waals surface area contributed by atoms with E-state index in [1.807, 2.05) is 0 Å². The summed E-state index contributed by atoms with van der Waals surface area (Å²) in [5, 5.41) is 15.5. The number of carboxylic acid groups (broad SMARTS) is 1. The van der Waals surface area contributed by atoms with E-state index in [-0.39, 0.29) is 5.56 Å². The molecule has 0 saturated heterocycles. The van der Waals surface area contributed by atoms with Crippen LogP contribution in [-0.4, -0.2) is 26.3 Å². The van der Waals surface area contributed by atoms with Crippen LogP contribution in [0.2, 0.25) is 5.02 Å². The third kappa shape index (κ3) is 1.69. The summed E-state index contributed by atoms with van der Waals surface area (Å²) >= 11 is 5.89. The fourth-order valence-electron chi connectivity index (χ4n) is 1.23. The van der Waals surface area contributed by atoms with Crippen LogP contribution in [0.3, 0.4) is 0 Å². The molecule has 0 aromatic carbocycles. The average molecular weight is 224 g/mol. The highest BCUT2D eigenvalue weighted by molar-refractivity contribution is 6.33. The van der Waals surface area contributed by atoms with E-state index in [2.05, 4.69) is 15.2 Å². The van der Waals surface area contributed by atoms with E-state index in [0.29, 0.717) is 16.3 Å². The standard InChI is InChI=1S/C9H6ClN3O2/c10-7-4-11-2-1-5(7)8-6(9(14)15)3-12-13-8/h1-4H,(H,12,13)(H,14,15). The predicted octanol–water partition coefficient (Wildman–Crippen LogP) is 1.82. The summed E-state index contributed by atoms with van der Waals surface area (Å²) in [7, 11) is 0. The number of aromatic amines is 1. The number of carbonyl (C=O) groups is 1. The quantitative estimate of drug-likeness (QED) is 0.814. The van der Waals surface area contributed by atoms with Gasteiger partial charge in [0.25, 0.3) is 0 Å². The molecule has 2 N–H and O–H groups in total. The van der Waals surface area contributed by atoms with E-state index < -0.39 is 5.97 Å². The summed E-state index contributed by atoms with van der Waals surface area (Å²) in [5.41, 5.74) is 1.04. The second kappa shape index (κ2) is 3.70. The number of pyridine rings is 1. The minimum atomic E-state index is -1.05. The van der Waals surface area contributed by atoms with Gasteiger partial charge in [0.05, 0.1) is 16.9 Å². The van der Waals surface area contributed by atoms with Gasteiger partial charge in [-0.15, -0.1) is 0 Å². The summed E-state index contributed by atoms with van der Waals surface area (Å²) in [4.78, 5) is 14.7. The van der Waals surface area contributed by atoms with Crippen molar-refractivity contribution in [3.63, 3.8) is 0 Å². The molecule has 0 aliphatic carbocycles. The second-order valence-electron chi connectivity index (χ2n) is 2.82. The summed E-state index contributed by atoms with van der Waals surface area (Å²) < 4.78 is 0. The van der Waals surface area contributed by atoms with E-state index in [4.69, 9.17) is 16.7 Å². The molecule has 6 heteroatoms. The number of aromatic carboxylic acids is 1. The van der Waals surface area contributed by atoms with Crippen molar-refractivity contribution in [1.29, 1.82) is 0 Å². The van der Waals surface area contributed by atoms with Gasteiger partial charge in [-0.05, 0) is 6.07 Å².